The fraction of sp³-hybridized carbons (Fsp3) is 0.625. The maximum absolute atomic E-state index is 5.67. The first kappa shape index (κ1) is 17.9. The topological polar surface area (TPSA) is 49.0 Å². The number of hydrogen-bond acceptors (Lipinski definition) is 5. The van der Waals surface area contributed by atoms with Gasteiger partial charge in [-0.25, -0.2) is 0 Å². The van der Waals surface area contributed by atoms with Gasteiger partial charge < -0.3 is 24.3 Å². The molecule has 0 saturated carbocycles. The maximum atomic E-state index is 5.67. The van der Waals surface area contributed by atoms with Gasteiger partial charge in [-0.15, -0.1) is 0 Å². The molecule has 120 valence electrons. The first-order chi connectivity index (χ1) is 10.3. The van der Waals surface area contributed by atoms with E-state index in [0.29, 0.717) is 26.4 Å². The molecule has 0 bridgehead atoms. The fourth-order valence-corrected chi connectivity index (χ4v) is 2.01. The van der Waals surface area contributed by atoms with Crippen molar-refractivity contribution in [1.29, 1.82) is 0 Å². The molecule has 0 fully saturated rings. The van der Waals surface area contributed by atoms with Gasteiger partial charge in [0.15, 0.2) is 0 Å². The highest BCUT2D eigenvalue weighted by Gasteiger charge is 2.13. The van der Waals surface area contributed by atoms with Gasteiger partial charge in [0.2, 0.25) is 0 Å². The van der Waals surface area contributed by atoms with Crippen molar-refractivity contribution in [3.05, 3.63) is 29.8 Å². The minimum atomic E-state index is 0.106. The Hall–Kier alpha value is -1.14. The predicted molar refractivity (Wildman–Crippen MR) is 82.9 cm³/mol. The lowest BCUT2D eigenvalue weighted by Crippen LogP contribution is -2.23. The van der Waals surface area contributed by atoms with E-state index in [1.165, 1.54) is 0 Å². The summed E-state index contributed by atoms with van der Waals surface area (Å²) in [6.07, 6.45) is 0.914. The lowest BCUT2D eigenvalue weighted by Gasteiger charge is -2.19. The third kappa shape index (κ3) is 6.91. The van der Waals surface area contributed by atoms with Crippen molar-refractivity contribution >= 4 is 0 Å². The molecular formula is C16H27NO4. The molecule has 1 aromatic rings. The molecule has 21 heavy (non-hydrogen) atoms. The monoisotopic (exact) mass is 297 g/mol. The number of nitrogens with one attached hydrogen (secondary N) is 1. The van der Waals surface area contributed by atoms with Gasteiger partial charge in [0.1, 0.15) is 5.75 Å². The summed E-state index contributed by atoms with van der Waals surface area (Å²) < 4.78 is 21.5. The predicted octanol–water partition coefficient (Wildman–Crippen LogP) is 2.03. The van der Waals surface area contributed by atoms with Crippen LogP contribution in [0, 0.1) is 0 Å². The molecule has 0 radical (unpaired) electrons. The highest BCUT2D eigenvalue weighted by molar-refractivity contribution is 5.35. The normalized spacial score (nSPS) is 12.3. The zero-order valence-electron chi connectivity index (χ0n) is 13.3. The van der Waals surface area contributed by atoms with Gasteiger partial charge in [-0.05, 0) is 19.5 Å². The smallest absolute Gasteiger partial charge is 0.123 e. The Morgan fingerprint density at radius 2 is 1.76 bits per heavy atom. The molecule has 0 aliphatic heterocycles. The van der Waals surface area contributed by atoms with Crippen LogP contribution in [0.15, 0.2) is 24.3 Å². The Morgan fingerprint density at radius 1 is 1.00 bits per heavy atom. The summed E-state index contributed by atoms with van der Waals surface area (Å²) in [4.78, 5) is 0. The maximum Gasteiger partial charge on any atom is 0.123 e. The molecule has 0 aliphatic rings. The van der Waals surface area contributed by atoms with Crippen LogP contribution in [0.1, 0.15) is 18.0 Å². The Morgan fingerprint density at radius 3 is 2.48 bits per heavy atom. The largest absolute Gasteiger partial charge is 0.496 e. The SMILES string of the molecule is CNC(COCCOCCCOC)c1ccccc1OC. The van der Waals surface area contributed by atoms with E-state index in [-0.39, 0.29) is 6.04 Å². The molecule has 1 N–H and O–H groups in total. The van der Waals surface area contributed by atoms with E-state index in [1.54, 1.807) is 14.2 Å². The zero-order valence-corrected chi connectivity index (χ0v) is 13.3. The zero-order chi connectivity index (χ0) is 15.3. The van der Waals surface area contributed by atoms with Gasteiger partial charge in [-0.2, -0.15) is 0 Å². The number of hydrogen-bond donors (Lipinski definition) is 1. The number of benzene rings is 1. The van der Waals surface area contributed by atoms with Crippen molar-refractivity contribution in [2.24, 2.45) is 0 Å². The minimum absolute atomic E-state index is 0.106. The number of ether oxygens (including phenoxy) is 4. The summed E-state index contributed by atoms with van der Waals surface area (Å²) in [6, 6.07) is 8.07. The van der Waals surface area contributed by atoms with Crippen molar-refractivity contribution in [2.75, 3.05) is 54.3 Å². The van der Waals surface area contributed by atoms with Crippen LogP contribution in [0.5, 0.6) is 5.75 Å². The van der Waals surface area contributed by atoms with Crippen LogP contribution < -0.4 is 10.1 Å². The summed E-state index contributed by atoms with van der Waals surface area (Å²) >= 11 is 0. The molecule has 5 heteroatoms. The number of para-hydroxylation sites is 1. The Labute approximate surface area is 127 Å². The van der Waals surface area contributed by atoms with E-state index in [9.17, 15) is 0 Å². The van der Waals surface area contributed by atoms with Crippen LogP contribution in [0.25, 0.3) is 0 Å². The Balaban J connectivity index is 2.25. The van der Waals surface area contributed by atoms with Crippen LogP contribution in [-0.2, 0) is 14.2 Å². The lowest BCUT2D eigenvalue weighted by molar-refractivity contribution is 0.0329. The van der Waals surface area contributed by atoms with Gasteiger partial charge in [0.05, 0.1) is 33.0 Å². The second-order valence-electron chi connectivity index (χ2n) is 4.62. The van der Waals surface area contributed by atoms with Crippen molar-refractivity contribution in [3.8, 4) is 5.75 Å². The Kier molecular flexibility index (Phi) is 9.82. The first-order valence-electron chi connectivity index (χ1n) is 7.28. The quantitative estimate of drug-likeness (QED) is 0.598. The first-order valence-corrected chi connectivity index (χ1v) is 7.28. The molecule has 1 aromatic carbocycles. The molecule has 0 heterocycles. The average Bonchev–Trinajstić information content (AvgIpc) is 2.53. The molecule has 1 atom stereocenters. The third-order valence-corrected chi connectivity index (χ3v) is 3.16. The van der Waals surface area contributed by atoms with Crippen LogP contribution >= 0.6 is 0 Å². The van der Waals surface area contributed by atoms with Gasteiger partial charge >= 0.3 is 0 Å². The second kappa shape index (κ2) is 11.5. The summed E-state index contributed by atoms with van der Waals surface area (Å²) in [5.41, 5.74) is 1.10. The summed E-state index contributed by atoms with van der Waals surface area (Å²) in [5, 5.41) is 3.25. The molecular weight excluding hydrogens is 270 g/mol. The highest BCUT2D eigenvalue weighted by atomic mass is 16.5. The van der Waals surface area contributed by atoms with Crippen LogP contribution in [0.2, 0.25) is 0 Å². The molecule has 0 amide bonds. The summed E-state index contributed by atoms with van der Waals surface area (Å²) in [7, 11) is 5.29. The van der Waals surface area contributed by atoms with Crippen molar-refractivity contribution in [2.45, 2.75) is 12.5 Å². The fourth-order valence-electron chi connectivity index (χ4n) is 2.01. The van der Waals surface area contributed by atoms with E-state index in [1.807, 2.05) is 31.3 Å². The van der Waals surface area contributed by atoms with Gasteiger partial charge in [-0.1, -0.05) is 18.2 Å². The molecule has 0 spiro atoms. The molecule has 1 rings (SSSR count). The van der Waals surface area contributed by atoms with Gasteiger partial charge in [0, 0.05) is 25.9 Å². The molecule has 0 aromatic heterocycles. The van der Waals surface area contributed by atoms with E-state index in [4.69, 9.17) is 18.9 Å². The van der Waals surface area contributed by atoms with E-state index in [0.717, 1.165) is 24.3 Å². The van der Waals surface area contributed by atoms with Crippen LogP contribution in [-0.4, -0.2) is 54.3 Å². The van der Waals surface area contributed by atoms with Gasteiger partial charge in [0.25, 0.3) is 0 Å². The van der Waals surface area contributed by atoms with E-state index >= 15 is 0 Å². The number of rotatable bonds is 12. The average molecular weight is 297 g/mol. The molecule has 0 saturated heterocycles. The van der Waals surface area contributed by atoms with Crippen molar-refractivity contribution < 1.29 is 18.9 Å². The van der Waals surface area contributed by atoms with E-state index in [2.05, 4.69) is 5.32 Å². The van der Waals surface area contributed by atoms with Crippen LogP contribution in [0.4, 0.5) is 0 Å². The minimum Gasteiger partial charge on any atom is -0.496 e. The number of methoxy groups -OCH3 is 2. The second-order valence-corrected chi connectivity index (χ2v) is 4.62. The Bertz CT molecular complexity index is 373. The summed E-state index contributed by atoms with van der Waals surface area (Å²) in [5.74, 6) is 0.872. The highest BCUT2D eigenvalue weighted by Crippen LogP contribution is 2.24. The third-order valence-electron chi connectivity index (χ3n) is 3.16. The van der Waals surface area contributed by atoms with Crippen molar-refractivity contribution in [3.63, 3.8) is 0 Å². The van der Waals surface area contributed by atoms with E-state index < -0.39 is 0 Å². The standard InChI is InChI=1S/C16H27NO4/c1-17-15(14-7-4-5-8-16(14)19-3)13-21-12-11-20-10-6-9-18-2/h4-5,7-8,15,17H,6,9-13H2,1-3H3. The molecule has 0 aliphatic carbocycles. The number of likely N-dealkylation sites (N-methyl/N-ethyl adjacent to an activating group) is 1. The molecule has 5 nitrogen and oxygen atoms in total. The molecule has 1 unspecified atom stereocenters. The van der Waals surface area contributed by atoms with Crippen molar-refractivity contribution in [1.82, 2.24) is 5.32 Å². The van der Waals surface area contributed by atoms with Crippen LogP contribution in [0.3, 0.4) is 0 Å². The van der Waals surface area contributed by atoms with Gasteiger partial charge in [-0.3, -0.25) is 0 Å². The lowest BCUT2D eigenvalue weighted by atomic mass is 10.1. The summed E-state index contributed by atoms with van der Waals surface area (Å²) in [6.45, 7) is 3.21.